The molecule has 0 aliphatic carbocycles. The van der Waals surface area contributed by atoms with E-state index < -0.39 is 11.6 Å². The van der Waals surface area contributed by atoms with Gasteiger partial charge in [0.2, 0.25) is 0 Å². The minimum atomic E-state index is -0.727. The van der Waals surface area contributed by atoms with Crippen LogP contribution in [0, 0.1) is 11.6 Å². The molecule has 0 aliphatic heterocycles. The SMILES string of the molecule is Oc1c(Br)cc(/C=N/Nc2ccc(F)cc2F)cc1Br. The zero-order chi connectivity index (χ0) is 14.7. The van der Waals surface area contributed by atoms with Gasteiger partial charge >= 0.3 is 0 Å². The second-order valence-corrected chi connectivity index (χ2v) is 5.54. The highest BCUT2D eigenvalue weighted by Crippen LogP contribution is 2.32. The van der Waals surface area contributed by atoms with E-state index in [4.69, 9.17) is 0 Å². The van der Waals surface area contributed by atoms with Crippen LogP contribution in [-0.2, 0) is 0 Å². The van der Waals surface area contributed by atoms with Gasteiger partial charge in [-0.2, -0.15) is 5.10 Å². The number of hydrogen-bond acceptors (Lipinski definition) is 3. The second-order valence-electron chi connectivity index (χ2n) is 3.83. The second kappa shape index (κ2) is 6.32. The number of nitrogens with one attached hydrogen (secondary N) is 1. The van der Waals surface area contributed by atoms with Crippen LogP contribution < -0.4 is 5.43 Å². The molecule has 0 aliphatic rings. The van der Waals surface area contributed by atoms with Crippen molar-refractivity contribution in [3.8, 4) is 5.75 Å². The van der Waals surface area contributed by atoms with Crippen LogP contribution in [0.1, 0.15) is 5.56 Å². The van der Waals surface area contributed by atoms with Crippen molar-refractivity contribution in [1.82, 2.24) is 0 Å². The van der Waals surface area contributed by atoms with Crippen LogP contribution in [0.15, 0.2) is 44.4 Å². The van der Waals surface area contributed by atoms with Crippen LogP contribution in [0.5, 0.6) is 5.75 Å². The number of anilines is 1. The third kappa shape index (κ3) is 3.55. The van der Waals surface area contributed by atoms with E-state index in [-0.39, 0.29) is 11.4 Å². The zero-order valence-corrected chi connectivity index (χ0v) is 13.0. The number of hydrazone groups is 1. The van der Waals surface area contributed by atoms with Crippen LogP contribution in [0.4, 0.5) is 14.5 Å². The molecular weight excluding hydrogens is 398 g/mol. The maximum absolute atomic E-state index is 13.3. The first kappa shape index (κ1) is 14.9. The summed E-state index contributed by atoms with van der Waals surface area (Å²) >= 11 is 6.38. The lowest BCUT2D eigenvalue weighted by Crippen LogP contribution is -1.94. The van der Waals surface area contributed by atoms with Crippen molar-refractivity contribution in [1.29, 1.82) is 0 Å². The fourth-order valence-corrected chi connectivity index (χ4v) is 2.64. The van der Waals surface area contributed by atoms with Crippen LogP contribution in [-0.4, -0.2) is 11.3 Å². The molecular formula is C13H8Br2F2N2O. The van der Waals surface area contributed by atoms with Gasteiger partial charge in [-0.1, -0.05) is 0 Å². The van der Waals surface area contributed by atoms with E-state index in [9.17, 15) is 13.9 Å². The van der Waals surface area contributed by atoms with Crippen molar-refractivity contribution >= 4 is 43.8 Å². The Kier molecular flexibility index (Phi) is 4.72. The first-order valence-corrected chi connectivity index (χ1v) is 6.98. The third-order valence-electron chi connectivity index (χ3n) is 2.37. The zero-order valence-electron chi connectivity index (χ0n) is 9.87. The van der Waals surface area contributed by atoms with Gasteiger partial charge in [-0.25, -0.2) is 8.78 Å². The van der Waals surface area contributed by atoms with Crippen molar-refractivity contribution in [2.24, 2.45) is 5.10 Å². The maximum Gasteiger partial charge on any atom is 0.151 e. The van der Waals surface area contributed by atoms with Crippen LogP contribution >= 0.6 is 31.9 Å². The summed E-state index contributed by atoms with van der Waals surface area (Å²) in [6.07, 6.45) is 1.44. The van der Waals surface area contributed by atoms with Gasteiger partial charge in [0, 0.05) is 6.07 Å². The molecule has 20 heavy (non-hydrogen) atoms. The van der Waals surface area contributed by atoms with E-state index in [1.165, 1.54) is 12.3 Å². The molecule has 0 bridgehead atoms. The molecule has 0 aromatic heterocycles. The van der Waals surface area contributed by atoms with Gasteiger partial charge in [0.25, 0.3) is 0 Å². The lowest BCUT2D eigenvalue weighted by molar-refractivity contribution is 0.468. The number of benzene rings is 2. The Labute approximate surface area is 130 Å². The van der Waals surface area contributed by atoms with Crippen LogP contribution in [0.3, 0.4) is 0 Å². The fraction of sp³-hybridized carbons (Fsp3) is 0. The summed E-state index contributed by atoms with van der Waals surface area (Å²) in [4.78, 5) is 0. The van der Waals surface area contributed by atoms with Gasteiger partial charge in [0.05, 0.1) is 20.8 Å². The molecule has 2 aromatic rings. The quantitative estimate of drug-likeness (QED) is 0.577. The third-order valence-corrected chi connectivity index (χ3v) is 3.58. The average Bonchev–Trinajstić information content (AvgIpc) is 2.38. The van der Waals surface area contributed by atoms with Crippen molar-refractivity contribution in [3.63, 3.8) is 0 Å². The maximum atomic E-state index is 13.3. The van der Waals surface area contributed by atoms with Crippen molar-refractivity contribution in [2.75, 3.05) is 5.43 Å². The number of aromatic hydroxyl groups is 1. The summed E-state index contributed by atoms with van der Waals surface area (Å²) in [7, 11) is 0. The summed E-state index contributed by atoms with van der Waals surface area (Å²) in [5.41, 5.74) is 3.22. The first-order chi connectivity index (χ1) is 9.47. The van der Waals surface area contributed by atoms with Gasteiger partial charge < -0.3 is 5.11 Å². The fourth-order valence-electron chi connectivity index (χ4n) is 1.42. The molecule has 2 N–H and O–H groups in total. The van der Waals surface area contributed by atoms with E-state index >= 15 is 0 Å². The molecule has 0 saturated heterocycles. The Hall–Kier alpha value is -1.47. The van der Waals surface area contributed by atoms with Crippen molar-refractivity contribution in [2.45, 2.75) is 0 Å². The van der Waals surface area contributed by atoms with Crippen LogP contribution in [0.2, 0.25) is 0 Å². The molecule has 0 radical (unpaired) electrons. The largest absolute Gasteiger partial charge is 0.506 e. The highest BCUT2D eigenvalue weighted by atomic mass is 79.9. The molecule has 3 nitrogen and oxygen atoms in total. The average molecular weight is 406 g/mol. The monoisotopic (exact) mass is 404 g/mol. The number of hydrogen-bond donors (Lipinski definition) is 2. The van der Waals surface area contributed by atoms with E-state index in [2.05, 4.69) is 42.4 Å². The van der Waals surface area contributed by atoms with Crippen molar-refractivity contribution in [3.05, 3.63) is 56.5 Å². The molecule has 0 fully saturated rings. The number of nitrogens with zero attached hydrogens (tertiary/aromatic N) is 1. The smallest absolute Gasteiger partial charge is 0.151 e. The number of halogens is 4. The summed E-state index contributed by atoms with van der Waals surface area (Å²) < 4.78 is 27.1. The van der Waals surface area contributed by atoms with Gasteiger partial charge in [-0.3, -0.25) is 5.43 Å². The highest BCUT2D eigenvalue weighted by Gasteiger charge is 2.05. The molecule has 104 valence electrons. The molecule has 0 spiro atoms. The summed E-state index contributed by atoms with van der Waals surface area (Å²) in [6, 6.07) is 6.45. The highest BCUT2D eigenvalue weighted by molar-refractivity contribution is 9.11. The van der Waals surface area contributed by atoms with E-state index in [0.717, 1.165) is 12.1 Å². The van der Waals surface area contributed by atoms with Gasteiger partial charge in [0.15, 0.2) is 5.82 Å². The Morgan fingerprint density at radius 3 is 2.35 bits per heavy atom. The summed E-state index contributed by atoms with van der Waals surface area (Å²) in [6.45, 7) is 0. The molecule has 0 atom stereocenters. The molecule has 7 heteroatoms. The Balaban J connectivity index is 2.14. The summed E-state index contributed by atoms with van der Waals surface area (Å²) in [5, 5.41) is 13.4. The Morgan fingerprint density at radius 2 is 1.75 bits per heavy atom. The molecule has 0 heterocycles. The molecule has 2 aromatic carbocycles. The van der Waals surface area contributed by atoms with Gasteiger partial charge in [0.1, 0.15) is 11.6 Å². The predicted molar refractivity (Wildman–Crippen MR) is 81.1 cm³/mol. The molecule has 0 unspecified atom stereocenters. The number of rotatable bonds is 3. The normalized spacial score (nSPS) is 11.0. The van der Waals surface area contributed by atoms with Gasteiger partial charge in [-0.05, 0) is 61.7 Å². The lowest BCUT2D eigenvalue weighted by Gasteiger charge is -2.03. The summed E-state index contributed by atoms with van der Waals surface area (Å²) in [5.74, 6) is -1.29. The lowest BCUT2D eigenvalue weighted by atomic mass is 10.2. The van der Waals surface area contributed by atoms with E-state index in [1.807, 2.05) is 0 Å². The first-order valence-electron chi connectivity index (χ1n) is 5.39. The molecule has 0 saturated carbocycles. The van der Waals surface area contributed by atoms with Crippen LogP contribution in [0.25, 0.3) is 0 Å². The number of phenolic OH excluding ortho intramolecular Hbond substituents is 1. The molecule has 2 rings (SSSR count). The van der Waals surface area contributed by atoms with Crippen molar-refractivity contribution < 1.29 is 13.9 Å². The standard InChI is InChI=1S/C13H8Br2F2N2O/c14-9-3-7(4-10(15)13(9)20)6-18-19-12-2-1-8(16)5-11(12)17/h1-6,19-20H/b18-6+. The predicted octanol–water partition coefficient (Wildman–Crippen LogP) is 4.64. The topological polar surface area (TPSA) is 44.6 Å². The minimum absolute atomic E-state index is 0.0690. The van der Waals surface area contributed by atoms with Gasteiger partial charge in [-0.15, -0.1) is 0 Å². The molecule has 0 amide bonds. The van der Waals surface area contributed by atoms with E-state index in [0.29, 0.717) is 14.5 Å². The minimum Gasteiger partial charge on any atom is -0.506 e. The Bertz CT molecular complexity index is 654. The number of phenols is 1. The Morgan fingerprint density at radius 1 is 1.10 bits per heavy atom. The van der Waals surface area contributed by atoms with E-state index in [1.54, 1.807) is 12.1 Å².